The Bertz CT molecular complexity index is 433. The van der Waals surface area contributed by atoms with Crippen LogP contribution in [0.2, 0.25) is 0 Å². The summed E-state index contributed by atoms with van der Waals surface area (Å²) in [6.45, 7) is 2.62. The SMILES string of the molecule is CCCc1ccc(OCC2CCC(C(=O)NN)O2)cc1. The van der Waals surface area contributed by atoms with Crippen LogP contribution in [0.4, 0.5) is 0 Å². The summed E-state index contributed by atoms with van der Waals surface area (Å²) in [6, 6.07) is 8.12. The number of hydrazine groups is 1. The Morgan fingerprint density at radius 2 is 2.15 bits per heavy atom. The maximum Gasteiger partial charge on any atom is 0.263 e. The highest BCUT2D eigenvalue weighted by atomic mass is 16.5. The molecule has 1 saturated heterocycles. The van der Waals surface area contributed by atoms with Crippen LogP contribution < -0.4 is 16.0 Å². The Kier molecular flexibility index (Phi) is 5.38. The van der Waals surface area contributed by atoms with Gasteiger partial charge in [-0.05, 0) is 37.0 Å². The molecule has 2 atom stereocenters. The van der Waals surface area contributed by atoms with E-state index in [0.717, 1.165) is 25.0 Å². The van der Waals surface area contributed by atoms with Crippen LogP contribution in [-0.4, -0.2) is 24.7 Å². The highest BCUT2D eigenvalue weighted by Gasteiger charge is 2.30. The number of ether oxygens (including phenoxy) is 2. The third-order valence-electron chi connectivity index (χ3n) is 3.44. The number of amides is 1. The van der Waals surface area contributed by atoms with Crippen molar-refractivity contribution in [3.05, 3.63) is 29.8 Å². The Balaban J connectivity index is 1.77. The van der Waals surface area contributed by atoms with Gasteiger partial charge in [0.25, 0.3) is 5.91 Å². The second-order valence-electron chi connectivity index (χ2n) is 5.04. The van der Waals surface area contributed by atoms with Crippen LogP contribution in [0.1, 0.15) is 31.7 Å². The molecule has 2 rings (SSSR count). The Morgan fingerprint density at radius 1 is 1.40 bits per heavy atom. The number of aryl methyl sites for hydroxylation is 1. The van der Waals surface area contributed by atoms with Gasteiger partial charge in [0.2, 0.25) is 0 Å². The fraction of sp³-hybridized carbons (Fsp3) is 0.533. The van der Waals surface area contributed by atoms with E-state index in [1.54, 1.807) is 0 Å². The van der Waals surface area contributed by atoms with Gasteiger partial charge in [0.1, 0.15) is 18.5 Å². The molecule has 1 amide bonds. The molecular formula is C15H22N2O3. The molecule has 5 nitrogen and oxygen atoms in total. The largest absolute Gasteiger partial charge is 0.491 e. The van der Waals surface area contributed by atoms with E-state index >= 15 is 0 Å². The van der Waals surface area contributed by atoms with Crippen LogP contribution >= 0.6 is 0 Å². The van der Waals surface area contributed by atoms with E-state index < -0.39 is 6.10 Å². The molecule has 0 aliphatic carbocycles. The summed E-state index contributed by atoms with van der Waals surface area (Å²) in [4.78, 5) is 11.3. The van der Waals surface area contributed by atoms with Gasteiger partial charge in [0.05, 0.1) is 6.10 Å². The molecule has 1 aromatic carbocycles. The van der Waals surface area contributed by atoms with Gasteiger partial charge in [0, 0.05) is 0 Å². The van der Waals surface area contributed by atoms with Crippen LogP contribution in [0.5, 0.6) is 5.75 Å². The third-order valence-corrected chi connectivity index (χ3v) is 3.44. The average Bonchev–Trinajstić information content (AvgIpc) is 2.95. The standard InChI is InChI=1S/C15H22N2O3/c1-2-3-11-4-6-12(7-5-11)19-10-13-8-9-14(20-13)15(18)17-16/h4-7,13-14H,2-3,8-10,16H2,1H3,(H,17,18). The minimum Gasteiger partial charge on any atom is -0.491 e. The molecule has 0 spiro atoms. The second-order valence-corrected chi connectivity index (χ2v) is 5.04. The fourth-order valence-corrected chi connectivity index (χ4v) is 2.34. The lowest BCUT2D eigenvalue weighted by atomic mass is 10.1. The number of benzene rings is 1. The van der Waals surface area contributed by atoms with Gasteiger partial charge in [0.15, 0.2) is 0 Å². The quantitative estimate of drug-likeness (QED) is 0.470. The number of rotatable bonds is 6. The third kappa shape index (κ3) is 3.95. The van der Waals surface area contributed by atoms with Crippen LogP contribution in [0.15, 0.2) is 24.3 Å². The fourth-order valence-electron chi connectivity index (χ4n) is 2.34. The smallest absolute Gasteiger partial charge is 0.263 e. The number of carbonyl (C=O) groups excluding carboxylic acids is 1. The molecule has 1 aliphatic rings. The zero-order valence-electron chi connectivity index (χ0n) is 11.8. The zero-order chi connectivity index (χ0) is 14.4. The summed E-state index contributed by atoms with van der Waals surface area (Å²) in [5.74, 6) is 5.66. The van der Waals surface area contributed by atoms with Gasteiger partial charge < -0.3 is 9.47 Å². The van der Waals surface area contributed by atoms with E-state index in [4.69, 9.17) is 15.3 Å². The first kappa shape index (κ1) is 14.8. The first-order chi connectivity index (χ1) is 9.72. The van der Waals surface area contributed by atoms with Gasteiger partial charge in [-0.1, -0.05) is 25.5 Å². The van der Waals surface area contributed by atoms with Crippen molar-refractivity contribution in [2.75, 3.05) is 6.61 Å². The highest BCUT2D eigenvalue weighted by molar-refractivity contribution is 5.80. The Hall–Kier alpha value is -1.59. The van der Waals surface area contributed by atoms with Crippen LogP contribution in [0, 0.1) is 0 Å². The predicted octanol–water partition coefficient (Wildman–Crippen LogP) is 1.56. The van der Waals surface area contributed by atoms with Crippen molar-refractivity contribution < 1.29 is 14.3 Å². The average molecular weight is 278 g/mol. The monoisotopic (exact) mass is 278 g/mol. The van der Waals surface area contributed by atoms with Crippen molar-refractivity contribution in [2.24, 2.45) is 5.84 Å². The molecule has 0 aromatic heterocycles. The van der Waals surface area contributed by atoms with Gasteiger partial charge in [-0.2, -0.15) is 0 Å². The van der Waals surface area contributed by atoms with Gasteiger partial charge >= 0.3 is 0 Å². The van der Waals surface area contributed by atoms with Crippen molar-refractivity contribution in [1.82, 2.24) is 5.43 Å². The van der Waals surface area contributed by atoms with E-state index in [9.17, 15) is 4.79 Å². The summed E-state index contributed by atoms with van der Waals surface area (Å²) in [6.07, 6.45) is 3.23. The molecule has 1 heterocycles. The van der Waals surface area contributed by atoms with Crippen molar-refractivity contribution in [3.8, 4) is 5.75 Å². The van der Waals surface area contributed by atoms with E-state index in [-0.39, 0.29) is 12.0 Å². The molecule has 1 aromatic rings. The molecule has 2 unspecified atom stereocenters. The number of hydrogen-bond donors (Lipinski definition) is 2. The Labute approximate surface area is 119 Å². The molecule has 110 valence electrons. The number of hydrogen-bond acceptors (Lipinski definition) is 4. The van der Waals surface area contributed by atoms with Gasteiger partial charge in [-0.25, -0.2) is 5.84 Å². The molecule has 0 radical (unpaired) electrons. The lowest BCUT2D eigenvalue weighted by Crippen LogP contribution is -2.39. The maximum atomic E-state index is 11.3. The lowest BCUT2D eigenvalue weighted by molar-refractivity contribution is -0.132. The molecule has 20 heavy (non-hydrogen) atoms. The molecular weight excluding hydrogens is 256 g/mol. The topological polar surface area (TPSA) is 73.6 Å². The normalized spacial score (nSPS) is 21.7. The first-order valence-electron chi connectivity index (χ1n) is 7.10. The number of nitrogens with two attached hydrogens (primary N) is 1. The first-order valence-corrected chi connectivity index (χ1v) is 7.10. The maximum absolute atomic E-state index is 11.3. The molecule has 5 heteroatoms. The van der Waals surface area contributed by atoms with E-state index in [1.807, 2.05) is 12.1 Å². The van der Waals surface area contributed by atoms with Gasteiger partial charge in [-0.15, -0.1) is 0 Å². The molecule has 1 fully saturated rings. The summed E-state index contributed by atoms with van der Waals surface area (Å²) in [7, 11) is 0. The van der Waals surface area contributed by atoms with Crippen LogP contribution in [0.3, 0.4) is 0 Å². The minimum absolute atomic E-state index is 0.0485. The van der Waals surface area contributed by atoms with Gasteiger partial charge in [-0.3, -0.25) is 10.2 Å². The van der Waals surface area contributed by atoms with E-state index in [0.29, 0.717) is 13.0 Å². The van der Waals surface area contributed by atoms with E-state index in [1.165, 1.54) is 5.56 Å². The van der Waals surface area contributed by atoms with Crippen molar-refractivity contribution in [1.29, 1.82) is 0 Å². The molecule has 0 saturated carbocycles. The van der Waals surface area contributed by atoms with Crippen molar-refractivity contribution >= 4 is 5.91 Å². The van der Waals surface area contributed by atoms with Crippen molar-refractivity contribution in [3.63, 3.8) is 0 Å². The van der Waals surface area contributed by atoms with Crippen LogP contribution in [0.25, 0.3) is 0 Å². The number of carbonyl (C=O) groups is 1. The number of nitrogens with one attached hydrogen (secondary N) is 1. The van der Waals surface area contributed by atoms with Crippen molar-refractivity contribution in [2.45, 2.75) is 44.8 Å². The lowest BCUT2D eigenvalue weighted by Gasteiger charge is -2.14. The Morgan fingerprint density at radius 3 is 2.80 bits per heavy atom. The highest BCUT2D eigenvalue weighted by Crippen LogP contribution is 2.21. The molecule has 3 N–H and O–H groups in total. The summed E-state index contributed by atoms with van der Waals surface area (Å²) in [5.41, 5.74) is 3.43. The van der Waals surface area contributed by atoms with Crippen LogP contribution in [-0.2, 0) is 16.0 Å². The minimum atomic E-state index is -0.444. The van der Waals surface area contributed by atoms with E-state index in [2.05, 4.69) is 24.5 Å². The summed E-state index contributed by atoms with van der Waals surface area (Å²) in [5, 5.41) is 0. The summed E-state index contributed by atoms with van der Waals surface area (Å²) >= 11 is 0. The summed E-state index contributed by atoms with van der Waals surface area (Å²) < 4.78 is 11.3. The predicted molar refractivity (Wildman–Crippen MR) is 76.2 cm³/mol. The molecule has 0 bridgehead atoms. The molecule has 1 aliphatic heterocycles. The zero-order valence-corrected chi connectivity index (χ0v) is 11.8. The second kappa shape index (κ2) is 7.26.